The van der Waals surface area contributed by atoms with Gasteiger partial charge in [0.1, 0.15) is 6.61 Å². The maximum atomic E-state index is 11.1. The van der Waals surface area contributed by atoms with E-state index in [0.717, 1.165) is 5.56 Å². The Morgan fingerprint density at radius 1 is 1.24 bits per heavy atom. The van der Waals surface area contributed by atoms with Gasteiger partial charge in [-0.05, 0) is 17.7 Å². The largest absolute Gasteiger partial charge is 0.482 e. The molecule has 2 aromatic rings. The summed E-state index contributed by atoms with van der Waals surface area (Å²) in [7, 11) is 0. The van der Waals surface area contributed by atoms with Crippen molar-refractivity contribution in [2.24, 2.45) is 0 Å². The highest BCUT2D eigenvalue weighted by Crippen LogP contribution is 2.31. The minimum Gasteiger partial charge on any atom is -0.482 e. The zero-order valence-electron chi connectivity index (χ0n) is 10.7. The van der Waals surface area contributed by atoms with Gasteiger partial charge in [0.25, 0.3) is 0 Å². The molecule has 0 fully saturated rings. The number of nitro groups is 1. The van der Waals surface area contributed by atoms with Gasteiger partial charge in [-0.1, -0.05) is 57.3 Å². The van der Waals surface area contributed by atoms with Gasteiger partial charge in [0.05, 0.1) is 15.0 Å². The molecule has 110 valence electrons. The van der Waals surface area contributed by atoms with Gasteiger partial charge in [-0.25, -0.2) is 0 Å². The molecule has 7 heteroatoms. The van der Waals surface area contributed by atoms with Crippen LogP contribution in [0.25, 0.3) is 0 Å². The van der Waals surface area contributed by atoms with Crippen LogP contribution in [0.4, 0.5) is 5.69 Å². The van der Waals surface area contributed by atoms with Crippen LogP contribution in [0.3, 0.4) is 0 Å². The number of ether oxygens (including phenoxy) is 1. The Hall–Kier alpha value is -1.30. The third-order valence-corrected chi connectivity index (χ3v) is 4.29. The van der Waals surface area contributed by atoms with Crippen LogP contribution in [0, 0.1) is 10.1 Å². The van der Waals surface area contributed by atoms with Crippen molar-refractivity contribution in [2.75, 3.05) is 0 Å². The Balaban J connectivity index is 2.23. The fourth-order valence-electron chi connectivity index (χ4n) is 1.73. The van der Waals surface area contributed by atoms with E-state index in [1.807, 2.05) is 0 Å². The summed E-state index contributed by atoms with van der Waals surface area (Å²) >= 11 is 15.2. The zero-order chi connectivity index (χ0) is 15.4. The summed E-state index contributed by atoms with van der Waals surface area (Å²) in [5.41, 5.74) is 1.39. The first kappa shape index (κ1) is 16.1. The number of nitrogens with zero attached hydrogens (tertiary/aromatic N) is 1. The minimum absolute atomic E-state index is 0.0786. The molecule has 0 aromatic heterocycles. The summed E-state index contributed by atoms with van der Waals surface area (Å²) in [5.74, 6) is 0.195. The number of hydrogen-bond acceptors (Lipinski definition) is 3. The predicted molar refractivity (Wildman–Crippen MR) is 86.5 cm³/mol. The van der Waals surface area contributed by atoms with Crippen LogP contribution in [0.15, 0.2) is 36.4 Å². The first-order valence-electron chi connectivity index (χ1n) is 5.92. The second-order valence-electron chi connectivity index (χ2n) is 4.19. The average molecular weight is 391 g/mol. The van der Waals surface area contributed by atoms with Crippen molar-refractivity contribution in [3.63, 3.8) is 0 Å². The maximum absolute atomic E-state index is 11.1. The van der Waals surface area contributed by atoms with E-state index in [0.29, 0.717) is 20.9 Å². The lowest BCUT2D eigenvalue weighted by Gasteiger charge is -2.09. The number of hydrogen-bond donors (Lipinski definition) is 0. The molecule has 21 heavy (non-hydrogen) atoms. The molecule has 0 spiro atoms. The van der Waals surface area contributed by atoms with E-state index in [1.54, 1.807) is 30.3 Å². The van der Waals surface area contributed by atoms with Crippen LogP contribution in [0.2, 0.25) is 10.0 Å². The second kappa shape index (κ2) is 7.11. The van der Waals surface area contributed by atoms with Gasteiger partial charge in [0.2, 0.25) is 0 Å². The number of halogens is 3. The van der Waals surface area contributed by atoms with Crippen molar-refractivity contribution in [1.82, 2.24) is 0 Å². The summed E-state index contributed by atoms with van der Waals surface area (Å²) in [6.07, 6.45) is 0. The third kappa shape index (κ3) is 3.87. The van der Waals surface area contributed by atoms with Gasteiger partial charge in [-0.2, -0.15) is 0 Å². The molecule has 2 aromatic carbocycles. The molecule has 4 nitrogen and oxygen atoms in total. The molecular weight excluding hydrogens is 381 g/mol. The van der Waals surface area contributed by atoms with Crippen molar-refractivity contribution >= 4 is 44.8 Å². The first-order chi connectivity index (χ1) is 10.0. The van der Waals surface area contributed by atoms with E-state index in [1.165, 1.54) is 6.07 Å². The molecule has 0 aliphatic carbocycles. The number of alkyl halides is 1. The van der Waals surface area contributed by atoms with Crippen LogP contribution >= 0.6 is 39.1 Å². The molecule has 0 saturated carbocycles. The van der Waals surface area contributed by atoms with Gasteiger partial charge in [0.15, 0.2) is 5.75 Å². The fourth-order valence-corrected chi connectivity index (χ4v) is 2.45. The Morgan fingerprint density at radius 2 is 2.00 bits per heavy atom. The van der Waals surface area contributed by atoms with Crippen molar-refractivity contribution in [1.29, 1.82) is 0 Å². The Bertz CT molecular complexity index is 679. The van der Waals surface area contributed by atoms with Crippen molar-refractivity contribution in [3.8, 4) is 5.75 Å². The van der Waals surface area contributed by atoms with E-state index in [4.69, 9.17) is 27.9 Å². The van der Waals surface area contributed by atoms with Gasteiger partial charge < -0.3 is 4.74 Å². The lowest BCUT2D eigenvalue weighted by atomic mass is 10.2. The second-order valence-corrected chi connectivity index (χ2v) is 5.54. The lowest BCUT2D eigenvalue weighted by molar-refractivity contribution is -0.386. The van der Waals surface area contributed by atoms with E-state index < -0.39 is 4.92 Å². The Morgan fingerprint density at radius 3 is 2.67 bits per heavy atom. The van der Waals surface area contributed by atoms with Gasteiger partial charge in [-0.3, -0.25) is 10.1 Å². The number of benzene rings is 2. The highest BCUT2D eigenvalue weighted by molar-refractivity contribution is 9.08. The molecule has 0 N–H and O–H groups in total. The molecule has 0 unspecified atom stereocenters. The molecule has 0 aliphatic heterocycles. The molecule has 0 aliphatic rings. The Kier molecular flexibility index (Phi) is 5.45. The highest BCUT2D eigenvalue weighted by Gasteiger charge is 2.16. The van der Waals surface area contributed by atoms with Crippen LogP contribution in [0.1, 0.15) is 11.1 Å². The molecule has 0 heterocycles. The molecule has 0 radical (unpaired) electrons. The lowest BCUT2D eigenvalue weighted by Crippen LogP contribution is -2.00. The molecular formula is C14H10BrCl2NO3. The van der Waals surface area contributed by atoms with E-state index >= 15 is 0 Å². The fraction of sp³-hybridized carbons (Fsp3) is 0.143. The van der Waals surface area contributed by atoms with Gasteiger partial charge >= 0.3 is 5.69 Å². The summed E-state index contributed by atoms with van der Waals surface area (Å²) < 4.78 is 5.52. The SMILES string of the molecule is O=[N+]([O-])c1cc(CBr)ccc1OCc1cccc(Cl)c1Cl. The normalized spacial score (nSPS) is 10.4. The quantitative estimate of drug-likeness (QED) is 0.391. The monoisotopic (exact) mass is 389 g/mol. The summed E-state index contributed by atoms with van der Waals surface area (Å²) in [5, 5.41) is 12.4. The van der Waals surface area contributed by atoms with Gasteiger partial charge in [0, 0.05) is 17.0 Å². The van der Waals surface area contributed by atoms with Crippen LogP contribution in [0.5, 0.6) is 5.75 Å². The first-order valence-corrected chi connectivity index (χ1v) is 7.79. The van der Waals surface area contributed by atoms with E-state index in [2.05, 4.69) is 15.9 Å². The summed E-state index contributed by atoms with van der Waals surface area (Å²) in [4.78, 5) is 10.6. The topological polar surface area (TPSA) is 52.4 Å². The summed E-state index contributed by atoms with van der Waals surface area (Å²) in [6, 6.07) is 9.98. The smallest absolute Gasteiger partial charge is 0.311 e. The molecule has 0 amide bonds. The predicted octanol–water partition coefficient (Wildman–Crippen LogP) is 5.38. The van der Waals surface area contributed by atoms with E-state index in [-0.39, 0.29) is 18.0 Å². The minimum atomic E-state index is -0.471. The summed E-state index contributed by atoms with van der Waals surface area (Å²) in [6.45, 7) is 0.105. The molecule has 0 bridgehead atoms. The van der Waals surface area contributed by atoms with E-state index in [9.17, 15) is 10.1 Å². The highest BCUT2D eigenvalue weighted by atomic mass is 79.9. The van der Waals surface area contributed by atoms with Crippen LogP contribution in [-0.2, 0) is 11.9 Å². The van der Waals surface area contributed by atoms with Crippen LogP contribution < -0.4 is 4.74 Å². The standard InChI is InChI=1S/C14H10BrCl2NO3/c15-7-9-4-5-13(12(6-9)18(19)20)21-8-10-2-1-3-11(16)14(10)17/h1-6H,7-8H2. The molecule has 0 atom stereocenters. The number of nitro benzene ring substituents is 1. The van der Waals surface area contributed by atoms with Crippen molar-refractivity contribution in [2.45, 2.75) is 11.9 Å². The maximum Gasteiger partial charge on any atom is 0.311 e. The van der Waals surface area contributed by atoms with Gasteiger partial charge in [-0.15, -0.1) is 0 Å². The average Bonchev–Trinajstić information content (AvgIpc) is 2.48. The third-order valence-electron chi connectivity index (χ3n) is 2.79. The van der Waals surface area contributed by atoms with Crippen molar-refractivity contribution in [3.05, 3.63) is 67.7 Å². The van der Waals surface area contributed by atoms with Crippen LogP contribution in [-0.4, -0.2) is 4.92 Å². The Labute approximate surface area is 139 Å². The number of rotatable bonds is 5. The molecule has 0 saturated heterocycles. The zero-order valence-corrected chi connectivity index (χ0v) is 13.8. The van der Waals surface area contributed by atoms with Crippen molar-refractivity contribution < 1.29 is 9.66 Å². The molecule has 2 rings (SSSR count).